The molecule has 0 N–H and O–H groups in total. The van der Waals surface area contributed by atoms with Crippen molar-refractivity contribution in [3.8, 4) is 5.69 Å². The van der Waals surface area contributed by atoms with Gasteiger partial charge in [-0.25, -0.2) is 4.79 Å². The van der Waals surface area contributed by atoms with Gasteiger partial charge in [0, 0.05) is 23.2 Å². The van der Waals surface area contributed by atoms with E-state index in [1.807, 2.05) is 0 Å². The van der Waals surface area contributed by atoms with E-state index in [4.69, 9.17) is 16.4 Å². The van der Waals surface area contributed by atoms with E-state index in [0.29, 0.717) is 12.1 Å². The van der Waals surface area contributed by atoms with Crippen molar-refractivity contribution in [1.29, 1.82) is 0 Å². The van der Waals surface area contributed by atoms with E-state index >= 15 is 0 Å². The first-order valence-electron chi connectivity index (χ1n) is 9.02. The standard InChI is InChI=1S/C19H14ClF6N5O2/c1-10(11-6-12(18(21,22)23)8-13(7-11)19(24,25)26)27-33-9-14-15(20)4-3-5-16(14)31-17(32)30(2)28-29-31/h3-8H,9H2,1-2H3/b27-10+. The van der Waals surface area contributed by atoms with Crippen LogP contribution < -0.4 is 5.69 Å². The van der Waals surface area contributed by atoms with Crippen molar-refractivity contribution in [2.24, 2.45) is 12.2 Å². The zero-order valence-corrected chi connectivity index (χ0v) is 17.6. The fraction of sp³-hybridized carbons (Fsp3) is 0.263. The number of tetrazole rings is 1. The largest absolute Gasteiger partial charge is 0.416 e. The van der Waals surface area contributed by atoms with Gasteiger partial charge in [-0.05, 0) is 47.7 Å². The first-order valence-corrected chi connectivity index (χ1v) is 9.40. The SMILES string of the molecule is C/C(=N\OCc1c(Cl)cccc1-n1nnn(C)c1=O)c1cc(C(F)(F)F)cc(C(F)(F)F)c1. The van der Waals surface area contributed by atoms with Crippen LogP contribution in [0.25, 0.3) is 5.69 Å². The van der Waals surface area contributed by atoms with E-state index in [9.17, 15) is 31.1 Å². The normalized spacial score (nSPS) is 12.8. The number of hydrogen-bond acceptors (Lipinski definition) is 5. The summed E-state index contributed by atoms with van der Waals surface area (Å²) in [4.78, 5) is 17.3. The molecule has 3 rings (SSSR count). The van der Waals surface area contributed by atoms with Crippen LogP contribution in [0.5, 0.6) is 0 Å². The summed E-state index contributed by atoms with van der Waals surface area (Å²) in [5.74, 6) is 0. The maximum Gasteiger partial charge on any atom is 0.416 e. The monoisotopic (exact) mass is 493 g/mol. The van der Waals surface area contributed by atoms with E-state index in [2.05, 4.69) is 15.6 Å². The molecule has 176 valence electrons. The highest BCUT2D eigenvalue weighted by molar-refractivity contribution is 6.31. The molecular weight excluding hydrogens is 480 g/mol. The highest BCUT2D eigenvalue weighted by atomic mass is 35.5. The highest BCUT2D eigenvalue weighted by Crippen LogP contribution is 2.36. The lowest BCUT2D eigenvalue weighted by atomic mass is 10.0. The Morgan fingerprint density at radius 1 is 1.06 bits per heavy atom. The highest BCUT2D eigenvalue weighted by Gasteiger charge is 2.37. The van der Waals surface area contributed by atoms with Crippen molar-refractivity contribution in [1.82, 2.24) is 19.8 Å². The van der Waals surface area contributed by atoms with Gasteiger partial charge in [0.15, 0.2) is 0 Å². The van der Waals surface area contributed by atoms with Crippen LogP contribution in [0.15, 0.2) is 46.3 Å². The average Bonchev–Trinajstić information content (AvgIpc) is 3.05. The molecule has 0 aliphatic heterocycles. The van der Waals surface area contributed by atoms with Crippen LogP contribution in [0.1, 0.15) is 29.2 Å². The lowest BCUT2D eigenvalue weighted by Crippen LogP contribution is -2.23. The summed E-state index contributed by atoms with van der Waals surface area (Å²) >= 11 is 6.16. The molecule has 0 aliphatic carbocycles. The minimum absolute atomic E-state index is 0.0201. The van der Waals surface area contributed by atoms with Gasteiger partial charge in [-0.1, -0.05) is 22.8 Å². The molecule has 0 fully saturated rings. The predicted octanol–water partition coefficient (Wildman–Crippen LogP) is 4.60. The van der Waals surface area contributed by atoms with Gasteiger partial charge in [0.1, 0.15) is 6.61 Å². The van der Waals surface area contributed by atoms with Gasteiger partial charge in [-0.2, -0.15) is 35.7 Å². The Balaban J connectivity index is 1.92. The fourth-order valence-electron chi connectivity index (χ4n) is 2.76. The maximum atomic E-state index is 13.1. The van der Waals surface area contributed by atoms with Crippen molar-refractivity contribution in [2.45, 2.75) is 25.9 Å². The molecule has 33 heavy (non-hydrogen) atoms. The van der Waals surface area contributed by atoms with Gasteiger partial charge in [-0.3, -0.25) is 0 Å². The van der Waals surface area contributed by atoms with Crippen LogP contribution in [-0.2, 0) is 30.8 Å². The molecule has 0 radical (unpaired) electrons. The Bertz CT molecular complexity index is 1230. The minimum atomic E-state index is -4.99. The quantitative estimate of drug-likeness (QED) is 0.296. The van der Waals surface area contributed by atoms with E-state index in [1.165, 1.54) is 32.2 Å². The molecule has 0 aliphatic rings. The van der Waals surface area contributed by atoms with Crippen LogP contribution >= 0.6 is 11.6 Å². The van der Waals surface area contributed by atoms with Crippen LogP contribution in [0.2, 0.25) is 5.02 Å². The number of alkyl halides is 6. The Morgan fingerprint density at radius 3 is 2.18 bits per heavy atom. The van der Waals surface area contributed by atoms with Gasteiger partial charge in [-0.15, -0.1) is 0 Å². The summed E-state index contributed by atoms with van der Waals surface area (Å²) < 4.78 is 80.3. The molecule has 1 heterocycles. The number of benzene rings is 2. The van der Waals surface area contributed by atoms with E-state index in [1.54, 1.807) is 0 Å². The molecule has 2 aromatic carbocycles. The Hall–Kier alpha value is -3.35. The fourth-order valence-corrected chi connectivity index (χ4v) is 2.99. The molecule has 0 spiro atoms. The van der Waals surface area contributed by atoms with E-state index in [-0.39, 0.29) is 34.7 Å². The van der Waals surface area contributed by atoms with Crippen molar-refractivity contribution >= 4 is 17.3 Å². The molecule has 0 bridgehead atoms. The number of aryl methyl sites for hydroxylation is 1. The lowest BCUT2D eigenvalue weighted by molar-refractivity contribution is -0.143. The number of rotatable bonds is 5. The van der Waals surface area contributed by atoms with Gasteiger partial charge in [0.25, 0.3) is 0 Å². The number of oxime groups is 1. The summed E-state index contributed by atoms with van der Waals surface area (Å²) in [6, 6.07) is 5.63. The Morgan fingerprint density at radius 2 is 1.67 bits per heavy atom. The third-order valence-electron chi connectivity index (χ3n) is 4.46. The number of halogens is 7. The van der Waals surface area contributed by atoms with Gasteiger partial charge in [0.05, 0.1) is 22.5 Å². The van der Waals surface area contributed by atoms with E-state index in [0.717, 1.165) is 9.36 Å². The van der Waals surface area contributed by atoms with Crippen LogP contribution in [0, 0.1) is 0 Å². The summed E-state index contributed by atoms with van der Waals surface area (Å²) in [5.41, 5.74) is -3.74. The molecule has 0 saturated carbocycles. The number of nitrogens with zero attached hydrogens (tertiary/aromatic N) is 5. The van der Waals surface area contributed by atoms with E-state index < -0.39 is 34.7 Å². The predicted molar refractivity (Wildman–Crippen MR) is 105 cm³/mol. The third kappa shape index (κ3) is 5.35. The van der Waals surface area contributed by atoms with Gasteiger partial charge in [0.2, 0.25) is 0 Å². The molecule has 14 heteroatoms. The van der Waals surface area contributed by atoms with Crippen LogP contribution in [0.3, 0.4) is 0 Å². The Kier molecular flexibility index (Phi) is 6.54. The second kappa shape index (κ2) is 8.89. The first-order chi connectivity index (χ1) is 15.3. The molecule has 3 aromatic rings. The average molecular weight is 494 g/mol. The zero-order chi connectivity index (χ0) is 24.6. The minimum Gasteiger partial charge on any atom is -0.391 e. The smallest absolute Gasteiger partial charge is 0.391 e. The summed E-state index contributed by atoms with van der Waals surface area (Å²) in [6.07, 6.45) is -9.98. The van der Waals surface area contributed by atoms with Crippen LogP contribution in [-0.4, -0.2) is 25.5 Å². The zero-order valence-electron chi connectivity index (χ0n) is 16.9. The summed E-state index contributed by atoms with van der Waals surface area (Å²) in [7, 11) is 1.38. The Labute approximate surface area is 186 Å². The second-order valence-electron chi connectivity index (χ2n) is 6.78. The maximum absolute atomic E-state index is 13.1. The van der Waals surface area contributed by atoms with Crippen molar-refractivity contribution < 1.29 is 31.2 Å². The second-order valence-corrected chi connectivity index (χ2v) is 7.19. The first kappa shape index (κ1) is 24.3. The number of hydrogen-bond donors (Lipinski definition) is 0. The van der Waals surface area contributed by atoms with Gasteiger partial charge < -0.3 is 4.84 Å². The molecule has 0 saturated heterocycles. The molecule has 0 atom stereocenters. The number of aromatic nitrogens is 4. The topological polar surface area (TPSA) is 74.3 Å². The van der Waals surface area contributed by atoms with Gasteiger partial charge >= 0.3 is 18.0 Å². The molecule has 1 aromatic heterocycles. The lowest BCUT2D eigenvalue weighted by Gasteiger charge is -2.14. The molecular formula is C19H14ClF6N5O2. The summed E-state index contributed by atoms with van der Waals surface area (Å²) in [5, 5.41) is 11.1. The van der Waals surface area contributed by atoms with Crippen molar-refractivity contribution in [2.75, 3.05) is 0 Å². The van der Waals surface area contributed by atoms with Crippen molar-refractivity contribution in [3.05, 3.63) is 74.2 Å². The van der Waals surface area contributed by atoms with Crippen molar-refractivity contribution in [3.63, 3.8) is 0 Å². The molecule has 7 nitrogen and oxygen atoms in total. The molecule has 0 amide bonds. The summed E-state index contributed by atoms with van der Waals surface area (Å²) in [6.45, 7) is 0.830. The van der Waals surface area contributed by atoms with Crippen LogP contribution in [0.4, 0.5) is 26.3 Å². The molecule has 0 unspecified atom stereocenters. The third-order valence-corrected chi connectivity index (χ3v) is 4.81.